The van der Waals surface area contributed by atoms with Crippen LogP contribution < -0.4 is 4.72 Å². The maximum Gasteiger partial charge on any atom is 0.335 e. The molecule has 2 rings (SSSR count). The summed E-state index contributed by atoms with van der Waals surface area (Å²) < 4.78 is 45.1. The SMILES string of the molecule is COC1CC(NS(=O)(=O)c2cc(C(=O)O)ccc2F)C1. The molecule has 0 aromatic heterocycles. The van der Waals surface area contributed by atoms with Gasteiger partial charge in [-0.2, -0.15) is 0 Å². The molecule has 20 heavy (non-hydrogen) atoms. The Hall–Kier alpha value is -1.51. The number of nitrogens with one attached hydrogen (secondary N) is 1. The molecule has 0 bridgehead atoms. The number of carbonyl (C=O) groups is 1. The number of hydrogen-bond donors (Lipinski definition) is 2. The first kappa shape index (κ1) is 14.9. The van der Waals surface area contributed by atoms with Gasteiger partial charge in [0, 0.05) is 13.2 Å². The maximum atomic E-state index is 13.6. The predicted octanol–water partition coefficient (Wildman–Crippen LogP) is 0.980. The van der Waals surface area contributed by atoms with E-state index in [1.165, 1.54) is 7.11 Å². The number of carboxylic acids is 1. The lowest BCUT2D eigenvalue weighted by molar-refractivity contribution is 0.0236. The summed E-state index contributed by atoms with van der Waals surface area (Å²) in [5, 5.41) is 8.82. The molecule has 1 aliphatic carbocycles. The largest absolute Gasteiger partial charge is 0.478 e. The summed E-state index contributed by atoms with van der Waals surface area (Å²) in [7, 11) is -2.55. The molecule has 0 unspecified atom stereocenters. The number of hydrogen-bond acceptors (Lipinski definition) is 4. The lowest BCUT2D eigenvalue weighted by atomic mass is 9.90. The summed E-state index contributed by atoms with van der Waals surface area (Å²) in [5.74, 6) is -2.30. The normalized spacial score (nSPS) is 22.3. The summed E-state index contributed by atoms with van der Waals surface area (Å²) in [5.41, 5.74) is -0.282. The predicted molar refractivity (Wildman–Crippen MR) is 67.5 cm³/mol. The molecule has 2 N–H and O–H groups in total. The molecule has 110 valence electrons. The van der Waals surface area contributed by atoms with Crippen molar-refractivity contribution in [3.63, 3.8) is 0 Å². The Balaban J connectivity index is 2.21. The van der Waals surface area contributed by atoms with Crippen LogP contribution in [0.2, 0.25) is 0 Å². The molecule has 0 saturated heterocycles. The van der Waals surface area contributed by atoms with Gasteiger partial charge in [0.15, 0.2) is 0 Å². The van der Waals surface area contributed by atoms with E-state index in [0.29, 0.717) is 12.8 Å². The minimum atomic E-state index is -4.08. The zero-order chi connectivity index (χ0) is 14.9. The standard InChI is InChI=1S/C12H14FNO5S/c1-19-9-5-8(6-9)14-20(17,18)11-4-7(12(15)16)2-3-10(11)13/h2-4,8-9,14H,5-6H2,1H3,(H,15,16). The summed E-state index contributed by atoms with van der Waals surface area (Å²) in [6, 6.07) is 2.34. The van der Waals surface area contributed by atoms with Crippen LogP contribution in [-0.2, 0) is 14.8 Å². The van der Waals surface area contributed by atoms with Crippen molar-refractivity contribution < 1.29 is 27.4 Å². The zero-order valence-corrected chi connectivity index (χ0v) is 11.5. The van der Waals surface area contributed by atoms with E-state index in [2.05, 4.69) is 4.72 Å². The van der Waals surface area contributed by atoms with E-state index in [9.17, 15) is 17.6 Å². The van der Waals surface area contributed by atoms with Crippen LogP contribution in [0.15, 0.2) is 23.1 Å². The van der Waals surface area contributed by atoms with Gasteiger partial charge in [0.2, 0.25) is 10.0 Å². The molecule has 6 nitrogen and oxygen atoms in total. The van der Waals surface area contributed by atoms with Gasteiger partial charge in [-0.15, -0.1) is 0 Å². The lowest BCUT2D eigenvalue weighted by Gasteiger charge is -2.34. The molecule has 0 amide bonds. The van der Waals surface area contributed by atoms with E-state index < -0.39 is 26.7 Å². The molecule has 0 aliphatic heterocycles. The maximum absolute atomic E-state index is 13.6. The van der Waals surface area contributed by atoms with E-state index in [-0.39, 0.29) is 17.7 Å². The highest BCUT2D eigenvalue weighted by Crippen LogP contribution is 2.25. The van der Waals surface area contributed by atoms with E-state index in [0.717, 1.165) is 18.2 Å². The van der Waals surface area contributed by atoms with Crippen molar-refractivity contribution in [3.05, 3.63) is 29.6 Å². The molecule has 1 aliphatic rings. The summed E-state index contributed by atoms with van der Waals surface area (Å²) in [6.07, 6.45) is 1.02. The molecule has 1 aromatic carbocycles. The molecule has 0 atom stereocenters. The molecule has 1 fully saturated rings. The fraction of sp³-hybridized carbons (Fsp3) is 0.417. The number of halogens is 1. The molecular formula is C12H14FNO5S. The highest BCUT2D eigenvalue weighted by atomic mass is 32.2. The fourth-order valence-electron chi connectivity index (χ4n) is 1.98. The number of rotatable bonds is 5. The first-order valence-corrected chi connectivity index (χ1v) is 7.40. The fourth-order valence-corrected chi connectivity index (χ4v) is 3.34. The van der Waals surface area contributed by atoms with Crippen LogP contribution in [0, 0.1) is 5.82 Å². The number of sulfonamides is 1. The third-order valence-corrected chi connectivity index (χ3v) is 4.75. The van der Waals surface area contributed by atoms with Gasteiger partial charge in [-0.25, -0.2) is 22.3 Å². The van der Waals surface area contributed by atoms with Crippen molar-refractivity contribution in [2.24, 2.45) is 0 Å². The quantitative estimate of drug-likeness (QED) is 0.846. The third-order valence-electron chi connectivity index (χ3n) is 3.22. The van der Waals surface area contributed by atoms with Gasteiger partial charge in [0.05, 0.1) is 11.7 Å². The summed E-state index contributed by atoms with van der Waals surface area (Å²) in [4.78, 5) is 10.2. The van der Waals surface area contributed by atoms with Gasteiger partial charge in [-0.05, 0) is 31.0 Å². The van der Waals surface area contributed by atoms with Gasteiger partial charge in [0.1, 0.15) is 10.7 Å². The first-order chi connectivity index (χ1) is 9.33. The van der Waals surface area contributed by atoms with Gasteiger partial charge in [-0.3, -0.25) is 0 Å². The molecule has 1 aromatic rings. The molecular weight excluding hydrogens is 289 g/mol. The van der Waals surface area contributed by atoms with Crippen LogP contribution in [-0.4, -0.2) is 38.7 Å². The van der Waals surface area contributed by atoms with Crippen molar-refractivity contribution in [2.75, 3.05) is 7.11 Å². The Kier molecular flexibility index (Phi) is 4.07. The van der Waals surface area contributed by atoms with Crippen LogP contribution >= 0.6 is 0 Å². The smallest absolute Gasteiger partial charge is 0.335 e. The van der Waals surface area contributed by atoms with Crippen LogP contribution in [0.3, 0.4) is 0 Å². The zero-order valence-electron chi connectivity index (χ0n) is 10.7. The van der Waals surface area contributed by atoms with E-state index in [1.54, 1.807) is 0 Å². The Morgan fingerprint density at radius 2 is 2.10 bits per heavy atom. The topological polar surface area (TPSA) is 92.7 Å². The van der Waals surface area contributed by atoms with Crippen molar-refractivity contribution in [1.82, 2.24) is 4.72 Å². The second-order valence-electron chi connectivity index (χ2n) is 4.60. The highest BCUT2D eigenvalue weighted by Gasteiger charge is 2.33. The monoisotopic (exact) mass is 303 g/mol. The average molecular weight is 303 g/mol. The molecule has 0 radical (unpaired) electrons. The molecule has 1 saturated carbocycles. The Morgan fingerprint density at radius 1 is 1.45 bits per heavy atom. The Labute approximate surface area is 115 Å². The second-order valence-corrected chi connectivity index (χ2v) is 6.28. The van der Waals surface area contributed by atoms with E-state index >= 15 is 0 Å². The third kappa shape index (κ3) is 2.97. The average Bonchev–Trinajstić information content (AvgIpc) is 2.33. The summed E-state index contributed by atoms with van der Waals surface area (Å²) >= 11 is 0. The van der Waals surface area contributed by atoms with Crippen molar-refractivity contribution >= 4 is 16.0 Å². The minimum Gasteiger partial charge on any atom is -0.478 e. The van der Waals surface area contributed by atoms with Gasteiger partial charge >= 0.3 is 5.97 Å². The van der Waals surface area contributed by atoms with Crippen LogP contribution in [0.5, 0.6) is 0 Å². The van der Waals surface area contributed by atoms with Crippen molar-refractivity contribution in [1.29, 1.82) is 0 Å². The number of aromatic carboxylic acids is 1. The second kappa shape index (κ2) is 5.47. The van der Waals surface area contributed by atoms with Crippen molar-refractivity contribution in [3.8, 4) is 0 Å². The van der Waals surface area contributed by atoms with Gasteiger partial charge in [-0.1, -0.05) is 0 Å². The number of methoxy groups -OCH3 is 1. The summed E-state index contributed by atoms with van der Waals surface area (Å²) in [6.45, 7) is 0. The first-order valence-electron chi connectivity index (χ1n) is 5.91. The highest BCUT2D eigenvalue weighted by molar-refractivity contribution is 7.89. The number of ether oxygens (including phenoxy) is 1. The van der Waals surface area contributed by atoms with Crippen molar-refractivity contribution in [2.45, 2.75) is 29.9 Å². The van der Waals surface area contributed by atoms with Gasteiger partial charge < -0.3 is 9.84 Å². The number of carboxylic acid groups (broad SMARTS) is 1. The minimum absolute atomic E-state index is 0.00194. The van der Waals surface area contributed by atoms with Crippen LogP contribution in [0.4, 0.5) is 4.39 Å². The van der Waals surface area contributed by atoms with Crippen LogP contribution in [0.25, 0.3) is 0 Å². The Morgan fingerprint density at radius 3 is 2.65 bits per heavy atom. The Bertz CT molecular complexity index is 625. The number of benzene rings is 1. The van der Waals surface area contributed by atoms with E-state index in [1.807, 2.05) is 0 Å². The molecule has 8 heteroatoms. The molecule has 0 spiro atoms. The van der Waals surface area contributed by atoms with E-state index in [4.69, 9.17) is 9.84 Å². The lowest BCUT2D eigenvalue weighted by Crippen LogP contribution is -2.47. The van der Waals surface area contributed by atoms with Gasteiger partial charge in [0.25, 0.3) is 0 Å². The molecule has 0 heterocycles. The van der Waals surface area contributed by atoms with Crippen LogP contribution in [0.1, 0.15) is 23.2 Å².